The first-order valence-corrected chi connectivity index (χ1v) is 6.65. The SMILES string of the molecule is Cl.O=C(NCc1cc(Cl)ccc1-n1cnnn1)C1CCN1. The highest BCUT2D eigenvalue weighted by Crippen LogP contribution is 2.19. The number of hydrogen-bond donors (Lipinski definition) is 2. The zero-order valence-electron chi connectivity index (χ0n) is 11.0. The molecule has 1 aromatic carbocycles. The van der Waals surface area contributed by atoms with E-state index in [1.807, 2.05) is 6.07 Å². The Hall–Kier alpha value is -1.70. The van der Waals surface area contributed by atoms with Crippen LogP contribution in [-0.2, 0) is 11.3 Å². The van der Waals surface area contributed by atoms with Crippen LogP contribution in [0.25, 0.3) is 5.69 Å². The zero-order chi connectivity index (χ0) is 13.9. The Balaban J connectivity index is 0.00000161. The molecule has 1 aliphatic heterocycles. The molecule has 1 unspecified atom stereocenters. The van der Waals surface area contributed by atoms with Crippen molar-refractivity contribution in [3.63, 3.8) is 0 Å². The van der Waals surface area contributed by atoms with Crippen LogP contribution in [0.4, 0.5) is 0 Å². The summed E-state index contributed by atoms with van der Waals surface area (Å²) in [4.78, 5) is 11.8. The van der Waals surface area contributed by atoms with Crippen molar-refractivity contribution in [1.29, 1.82) is 0 Å². The molecule has 0 spiro atoms. The summed E-state index contributed by atoms with van der Waals surface area (Å²) in [6.45, 7) is 1.28. The second-order valence-electron chi connectivity index (χ2n) is 4.54. The van der Waals surface area contributed by atoms with Gasteiger partial charge in [0.05, 0.1) is 11.7 Å². The molecule has 3 rings (SSSR count). The van der Waals surface area contributed by atoms with Crippen LogP contribution in [0.2, 0.25) is 5.02 Å². The molecule has 0 bridgehead atoms. The van der Waals surface area contributed by atoms with Gasteiger partial charge in [0.2, 0.25) is 5.91 Å². The minimum absolute atomic E-state index is 0. The van der Waals surface area contributed by atoms with Crippen LogP contribution in [0.5, 0.6) is 0 Å². The number of hydrogen-bond acceptors (Lipinski definition) is 5. The summed E-state index contributed by atoms with van der Waals surface area (Å²) in [5.41, 5.74) is 1.65. The molecule has 1 aliphatic rings. The lowest BCUT2D eigenvalue weighted by atomic mass is 10.1. The van der Waals surface area contributed by atoms with Crippen LogP contribution < -0.4 is 10.6 Å². The van der Waals surface area contributed by atoms with E-state index in [0.29, 0.717) is 11.6 Å². The Bertz CT molecular complexity index is 614. The Kier molecular flexibility index (Phi) is 5.11. The topological polar surface area (TPSA) is 84.7 Å². The van der Waals surface area contributed by atoms with Crippen LogP contribution in [-0.4, -0.2) is 38.7 Å². The number of tetrazole rings is 1. The van der Waals surface area contributed by atoms with Gasteiger partial charge in [0.25, 0.3) is 0 Å². The molecule has 7 nitrogen and oxygen atoms in total. The van der Waals surface area contributed by atoms with Gasteiger partial charge in [-0.3, -0.25) is 4.79 Å². The number of nitrogens with one attached hydrogen (secondary N) is 2. The van der Waals surface area contributed by atoms with Crippen LogP contribution in [0.3, 0.4) is 0 Å². The highest BCUT2D eigenvalue weighted by molar-refractivity contribution is 6.30. The van der Waals surface area contributed by atoms with Crippen molar-refractivity contribution in [2.24, 2.45) is 0 Å². The van der Waals surface area contributed by atoms with Crippen molar-refractivity contribution < 1.29 is 4.79 Å². The standard InChI is InChI=1S/C12H13ClN6O.ClH/c13-9-1-2-11(19-7-16-17-18-19)8(5-9)6-15-12(20)10-3-4-14-10;/h1-2,5,7,10,14H,3-4,6H2,(H,15,20);1H. The predicted molar refractivity (Wildman–Crippen MR) is 79.7 cm³/mol. The van der Waals surface area contributed by atoms with E-state index in [-0.39, 0.29) is 24.4 Å². The molecule has 2 heterocycles. The lowest BCUT2D eigenvalue weighted by Crippen LogP contribution is -2.53. The van der Waals surface area contributed by atoms with E-state index in [1.165, 1.54) is 6.33 Å². The first-order chi connectivity index (χ1) is 9.74. The molecule has 0 saturated carbocycles. The number of carbonyl (C=O) groups excluding carboxylic acids is 1. The van der Waals surface area contributed by atoms with E-state index in [2.05, 4.69) is 26.2 Å². The van der Waals surface area contributed by atoms with Gasteiger partial charge in [-0.2, -0.15) is 0 Å². The maximum atomic E-state index is 11.8. The average molecular weight is 329 g/mol. The predicted octanol–water partition coefficient (Wildman–Crippen LogP) is 0.716. The summed E-state index contributed by atoms with van der Waals surface area (Å²) < 4.78 is 1.54. The third-order valence-corrected chi connectivity index (χ3v) is 3.47. The summed E-state index contributed by atoms with van der Waals surface area (Å²) in [6.07, 6.45) is 2.38. The molecule has 2 N–H and O–H groups in total. The third-order valence-electron chi connectivity index (χ3n) is 3.23. The molecule has 112 valence electrons. The van der Waals surface area contributed by atoms with E-state index in [9.17, 15) is 4.79 Å². The third kappa shape index (κ3) is 3.49. The number of amides is 1. The monoisotopic (exact) mass is 328 g/mol. The van der Waals surface area contributed by atoms with Crippen molar-refractivity contribution in [2.45, 2.75) is 19.0 Å². The zero-order valence-corrected chi connectivity index (χ0v) is 12.6. The van der Waals surface area contributed by atoms with Crippen LogP contribution >= 0.6 is 24.0 Å². The first-order valence-electron chi connectivity index (χ1n) is 6.27. The van der Waals surface area contributed by atoms with Crippen molar-refractivity contribution >= 4 is 29.9 Å². The maximum absolute atomic E-state index is 11.8. The van der Waals surface area contributed by atoms with Gasteiger partial charge in [-0.15, -0.1) is 17.5 Å². The van der Waals surface area contributed by atoms with Gasteiger partial charge in [-0.25, -0.2) is 4.68 Å². The minimum atomic E-state index is -0.0781. The number of nitrogens with zero attached hydrogens (tertiary/aromatic N) is 4. The van der Waals surface area contributed by atoms with Gasteiger partial charge in [0, 0.05) is 11.6 Å². The molecule has 1 atom stereocenters. The smallest absolute Gasteiger partial charge is 0.237 e. The van der Waals surface area contributed by atoms with Crippen molar-refractivity contribution in [3.05, 3.63) is 35.1 Å². The number of carbonyl (C=O) groups is 1. The molecule has 9 heteroatoms. The number of halogens is 2. The van der Waals surface area contributed by atoms with Crippen LogP contribution in [0.15, 0.2) is 24.5 Å². The van der Waals surface area contributed by atoms with Crippen molar-refractivity contribution in [2.75, 3.05) is 6.54 Å². The molecule has 21 heavy (non-hydrogen) atoms. The number of benzene rings is 1. The molecular weight excluding hydrogens is 315 g/mol. The fourth-order valence-corrected chi connectivity index (χ4v) is 2.20. The molecule has 0 radical (unpaired) electrons. The Labute approximate surface area is 132 Å². The quantitative estimate of drug-likeness (QED) is 0.863. The summed E-state index contributed by atoms with van der Waals surface area (Å²) in [5, 5.41) is 17.6. The molecule has 1 saturated heterocycles. The second kappa shape index (κ2) is 6.84. The van der Waals surface area contributed by atoms with Gasteiger partial charge in [-0.1, -0.05) is 11.6 Å². The van der Waals surface area contributed by atoms with E-state index >= 15 is 0 Å². The molecule has 1 aromatic heterocycles. The van der Waals surface area contributed by atoms with Crippen molar-refractivity contribution in [3.8, 4) is 5.69 Å². The van der Waals surface area contributed by atoms with Gasteiger partial charge in [-0.05, 0) is 47.2 Å². The van der Waals surface area contributed by atoms with Gasteiger partial charge >= 0.3 is 0 Å². The first kappa shape index (κ1) is 15.7. The fourth-order valence-electron chi connectivity index (χ4n) is 2.01. The molecule has 0 aliphatic carbocycles. The van der Waals surface area contributed by atoms with E-state index in [1.54, 1.807) is 16.8 Å². The summed E-state index contributed by atoms with van der Waals surface area (Å²) in [5.74, 6) is -0.00103. The highest BCUT2D eigenvalue weighted by atomic mass is 35.5. The van der Waals surface area contributed by atoms with Gasteiger partial charge in [0.1, 0.15) is 6.33 Å². The van der Waals surface area contributed by atoms with E-state index in [0.717, 1.165) is 24.2 Å². The lowest BCUT2D eigenvalue weighted by Gasteiger charge is -2.26. The van der Waals surface area contributed by atoms with E-state index in [4.69, 9.17) is 11.6 Å². The van der Waals surface area contributed by atoms with E-state index < -0.39 is 0 Å². The van der Waals surface area contributed by atoms with Crippen molar-refractivity contribution in [1.82, 2.24) is 30.8 Å². The molecule has 1 amide bonds. The summed E-state index contributed by atoms with van der Waals surface area (Å²) in [7, 11) is 0. The highest BCUT2D eigenvalue weighted by Gasteiger charge is 2.24. The molecule has 2 aromatic rings. The van der Waals surface area contributed by atoms with Crippen LogP contribution in [0.1, 0.15) is 12.0 Å². The Morgan fingerprint density at radius 3 is 2.95 bits per heavy atom. The largest absolute Gasteiger partial charge is 0.351 e. The summed E-state index contributed by atoms with van der Waals surface area (Å²) in [6, 6.07) is 5.30. The van der Waals surface area contributed by atoms with Crippen LogP contribution in [0, 0.1) is 0 Å². The Morgan fingerprint density at radius 1 is 1.52 bits per heavy atom. The fraction of sp³-hybridized carbons (Fsp3) is 0.333. The maximum Gasteiger partial charge on any atom is 0.237 e. The normalized spacial score (nSPS) is 16.7. The molecule has 1 fully saturated rings. The Morgan fingerprint density at radius 2 is 2.33 bits per heavy atom. The number of rotatable bonds is 4. The lowest BCUT2D eigenvalue weighted by molar-refractivity contribution is -0.124. The van der Waals surface area contributed by atoms with Gasteiger partial charge < -0.3 is 10.6 Å². The average Bonchev–Trinajstić information content (AvgIpc) is 2.88. The summed E-state index contributed by atoms with van der Waals surface area (Å²) >= 11 is 6.01. The molecular formula is C12H14Cl2N6O. The minimum Gasteiger partial charge on any atom is -0.351 e. The van der Waals surface area contributed by atoms with Gasteiger partial charge in [0.15, 0.2) is 0 Å². The number of aromatic nitrogens is 4. The second-order valence-corrected chi connectivity index (χ2v) is 4.98.